The predicted octanol–water partition coefficient (Wildman–Crippen LogP) is 3.90. The van der Waals surface area contributed by atoms with E-state index in [1.165, 1.54) is 35.4 Å². The fourth-order valence-electron chi connectivity index (χ4n) is 2.35. The van der Waals surface area contributed by atoms with Crippen molar-refractivity contribution in [1.82, 2.24) is 10.4 Å². The average molecular weight is 267 g/mol. The number of hydrogen-bond donors (Lipinski definition) is 1. The molecule has 0 unspecified atom stereocenters. The van der Waals surface area contributed by atoms with Crippen LogP contribution in [0.1, 0.15) is 56.7 Å². The monoisotopic (exact) mass is 267 g/mol. The molecule has 3 heteroatoms. The Morgan fingerprint density at radius 3 is 3.00 bits per heavy atom. The molecule has 1 N–H and O–H groups in total. The van der Waals surface area contributed by atoms with Gasteiger partial charge in [-0.05, 0) is 45.2 Å². The molecule has 2 aliphatic rings. The molecule has 3 nitrogen and oxygen atoms in total. The zero-order valence-corrected chi connectivity index (χ0v) is 12.2. The van der Waals surface area contributed by atoms with Crippen molar-refractivity contribution in [3.8, 4) is 0 Å². The Morgan fingerprint density at radius 2 is 2.25 bits per heavy atom. The number of hydrogen-bond acceptors (Lipinski definition) is 3. The van der Waals surface area contributed by atoms with Gasteiger partial charge >= 0.3 is 0 Å². The van der Waals surface area contributed by atoms with Crippen molar-refractivity contribution in [2.24, 2.45) is 5.10 Å². The third-order valence-electron chi connectivity index (χ3n) is 3.69. The highest BCUT2D eigenvalue weighted by atomic mass is 15.3. The summed E-state index contributed by atoms with van der Waals surface area (Å²) in [5, 5.41) is 4.46. The van der Waals surface area contributed by atoms with Gasteiger partial charge in [-0.3, -0.25) is 10.4 Å². The largest absolute Gasteiger partial charge is 0.282 e. The lowest BCUT2D eigenvalue weighted by molar-refractivity contribution is 0.914. The van der Waals surface area contributed by atoms with Crippen LogP contribution < -0.4 is 5.43 Å². The Balaban J connectivity index is 1.67. The zero-order chi connectivity index (χ0) is 13.9. The maximum atomic E-state index is 4.46. The number of hydrazone groups is 1. The lowest BCUT2D eigenvalue weighted by atomic mass is 10.1. The minimum atomic E-state index is 0.692. The second-order valence-corrected chi connectivity index (χ2v) is 5.84. The van der Waals surface area contributed by atoms with Crippen molar-refractivity contribution >= 4 is 5.71 Å². The van der Waals surface area contributed by atoms with Crippen molar-refractivity contribution in [1.29, 1.82) is 0 Å². The predicted molar refractivity (Wildman–Crippen MR) is 82.6 cm³/mol. The van der Waals surface area contributed by atoms with Gasteiger partial charge in [0.25, 0.3) is 0 Å². The first-order chi connectivity index (χ1) is 9.72. The van der Waals surface area contributed by atoms with Crippen molar-refractivity contribution in [3.63, 3.8) is 0 Å². The summed E-state index contributed by atoms with van der Waals surface area (Å²) in [5.41, 5.74) is 9.25. The van der Waals surface area contributed by atoms with Crippen molar-refractivity contribution in [3.05, 3.63) is 53.0 Å². The SMILES string of the molecule is CC(C)=CC/C=C1\CC(c2ccnc(C3CC3)c2)=NN1. The van der Waals surface area contributed by atoms with Gasteiger partial charge in [0.1, 0.15) is 0 Å². The Hall–Kier alpha value is -1.90. The van der Waals surface area contributed by atoms with Gasteiger partial charge in [0, 0.05) is 35.5 Å². The van der Waals surface area contributed by atoms with E-state index >= 15 is 0 Å². The van der Waals surface area contributed by atoms with Crippen LogP contribution >= 0.6 is 0 Å². The minimum absolute atomic E-state index is 0.692. The molecule has 0 radical (unpaired) electrons. The number of pyridine rings is 1. The number of allylic oxidation sites excluding steroid dienone is 4. The first kappa shape index (κ1) is 13.1. The molecule has 1 aliphatic heterocycles. The second-order valence-electron chi connectivity index (χ2n) is 5.84. The summed E-state index contributed by atoms with van der Waals surface area (Å²) < 4.78 is 0. The molecule has 1 aliphatic carbocycles. The van der Waals surface area contributed by atoms with E-state index < -0.39 is 0 Å². The first-order valence-electron chi connectivity index (χ1n) is 7.33. The van der Waals surface area contributed by atoms with E-state index in [2.05, 4.69) is 53.6 Å². The molecule has 2 heterocycles. The standard InChI is InChI=1S/C17H21N3/c1-12(2)4-3-5-15-11-17(20-19-15)14-8-9-18-16(10-14)13-6-7-13/h4-5,8-10,13,19H,3,6-7,11H2,1-2H3/b15-5+. The summed E-state index contributed by atoms with van der Waals surface area (Å²) in [4.78, 5) is 4.46. The molecule has 0 bridgehead atoms. The van der Waals surface area contributed by atoms with Crippen LogP contribution in [-0.2, 0) is 0 Å². The van der Waals surface area contributed by atoms with Crippen LogP contribution in [-0.4, -0.2) is 10.7 Å². The third kappa shape index (κ3) is 3.16. The van der Waals surface area contributed by atoms with Crippen LogP contribution in [0.3, 0.4) is 0 Å². The van der Waals surface area contributed by atoms with Crippen LogP contribution in [0.5, 0.6) is 0 Å². The van der Waals surface area contributed by atoms with Gasteiger partial charge < -0.3 is 0 Å². The molecule has 104 valence electrons. The molecule has 0 spiro atoms. The summed E-state index contributed by atoms with van der Waals surface area (Å²) in [6.07, 6.45) is 10.8. The molecule has 0 saturated heterocycles. The van der Waals surface area contributed by atoms with Gasteiger partial charge in [-0.2, -0.15) is 5.10 Å². The maximum Gasteiger partial charge on any atom is 0.0739 e. The summed E-state index contributed by atoms with van der Waals surface area (Å²) in [7, 11) is 0. The molecular weight excluding hydrogens is 246 g/mol. The third-order valence-corrected chi connectivity index (χ3v) is 3.69. The quantitative estimate of drug-likeness (QED) is 0.840. The summed E-state index contributed by atoms with van der Waals surface area (Å²) in [6, 6.07) is 4.27. The summed E-state index contributed by atoms with van der Waals surface area (Å²) in [6.45, 7) is 4.25. The fraction of sp³-hybridized carbons (Fsp3) is 0.412. The van der Waals surface area contributed by atoms with Gasteiger partial charge in [-0.1, -0.05) is 17.7 Å². The minimum Gasteiger partial charge on any atom is -0.282 e. The molecular formula is C17H21N3. The van der Waals surface area contributed by atoms with Crippen LogP contribution in [0.15, 0.2) is 46.9 Å². The molecule has 1 aromatic rings. The lowest BCUT2D eigenvalue weighted by Crippen LogP contribution is -1.99. The summed E-state index contributed by atoms with van der Waals surface area (Å²) >= 11 is 0. The van der Waals surface area contributed by atoms with Crippen LogP contribution in [0.4, 0.5) is 0 Å². The van der Waals surface area contributed by atoms with E-state index in [9.17, 15) is 0 Å². The number of nitrogens with one attached hydrogen (secondary N) is 1. The van der Waals surface area contributed by atoms with Crippen LogP contribution in [0, 0.1) is 0 Å². The van der Waals surface area contributed by atoms with Crippen LogP contribution in [0.2, 0.25) is 0 Å². The Kier molecular flexibility index (Phi) is 3.68. The number of rotatable bonds is 4. The van der Waals surface area contributed by atoms with E-state index in [1.54, 1.807) is 0 Å². The van der Waals surface area contributed by atoms with Crippen LogP contribution in [0.25, 0.3) is 0 Å². The molecule has 1 fully saturated rings. The topological polar surface area (TPSA) is 37.3 Å². The molecule has 20 heavy (non-hydrogen) atoms. The van der Waals surface area contributed by atoms with Gasteiger partial charge in [0.2, 0.25) is 0 Å². The van der Waals surface area contributed by atoms with E-state index in [0.29, 0.717) is 5.92 Å². The van der Waals surface area contributed by atoms with Crippen molar-refractivity contribution < 1.29 is 0 Å². The molecule has 1 aromatic heterocycles. The van der Waals surface area contributed by atoms with Gasteiger partial charge in [-0.25, -0.2) is 0 Å². The van der Waals surface area contributed by atoms with E-state index in [-0.39, 0.29) is 0 Å². The lowest BCUT2D eigenvalue weighted by Gasteiger charge is -2.02. The number of aromatic nitrogens is 1. The Labute approximate surface area is 120 Å². The molecule has 0 amide bonds. The van der Waals surface area contributed by atoms with E-state index in [1.807, 2.05) is 6.20 Å². The maximum absolute atomic E-state index is 4.46. The van der Waals surface area contributed by atoms with E-state index in [4.69, 9.17) is 0 Å². The van der Waals surface area contributed by atoms with E-state index in [0.717, 1.165) is 18.6 Å². The van der Waals surface area contributed by atoms with Gasteiger partial charge in [0.15, 0.2) is 0 Å². The summed E-state index contributed by atoms with van der Waals surface area (Å²) in [5.74, 6) is 0.692. The van der Waals surface area contributed by atoms with Crippen molar-refractivity contribution in [2.45, 2.75) is 45.4 Å². The highest BCUT2D eigenvalue weighted by Crippen LogP contribution is 2.39. The van der Waals surface area contributed by atoms with Crippen molar-refractivity contribution in [2.75, 3.05) is 0 Å². The molecule has 3 rings (SSSR count). The highest BCUT2D eigenvalue weighted by Gasteiger charge is 2.25. The second kappa shape index (κ2) is 5.61. The van der Waals surface area contributed by atoms with Gasteiger partial charge in [-0.15, -0.1) is 0 Å². The smallest absolute Gasteiger partial charge is 0.0739 e. The Morgan fingerprint density at radius 1 is 1.40 bits per heavy atom. The normalized spacial score (nSPS) is 19.7. The molecule has 0 aromatic carbocycles. The average Bonchev–Trinajstić information content (AvgIpc) is 3.19. The molecule has 1 saturated carbocycles. The molecule has 0 atom stereocenters. The fourth-order valence-corrected chi connectivity index (χ4v) is 2.35. The number of nitrogens with zero attached hydrogens (tertiary/aromatic N) is 2. The zero-order valence-electron chi connectivity index (χ0n) is 12.2. The first-order valence-corrected chi connectivity index (χ1v) is 7.33. The Bertz CT molecular complexity index is 588. The van der Waals surface area contributed by atoms with Gasteiger partial charge in [0.05, 0.1) is 5.71 Å². The highest BCUT2D eigenvalue weighted by molar-refractivity contribution is 6.03.